The summed E-state index contributed by atoms with van der Waals surface area (Å²) in [6, 6.07) is 8.60. The molecule has 2 aromatic carbocycles. The van der Waals surface area contributed by atoms with Crippen LogP contribution in [0.3, 0.4) is 0 Å². The number of carbonyl (C=O) groups is 4. The maximum absolute atomic E-state index is 13.9. The van der Waals surface area contributed by atoms with Crippen molar-refractivity contribution < 1.29 is 47.5 Å². The van der Waals surface area contributed by atoms with Gasteiger partial charge in [0.2, 0.25) is 23.7 Å². The van der Waals surface area contributed by atoms with Crippen LogP contribution in [0.1, 0.15) is 73.3 Å². The third-order valence-corrected chi connectivity index (χ3v) is 11.7. The molecule has 0 saturated carbocycles. The maximum atomic E-state index is 13.9. The lowest BCUT2D eigenvalue weighted by molar-refractivity contribution is 0.0897. The van der Waals surface area contributed by atoms with Crippen molar-refractivity contribution in [2.24, 2.45) is 11.5 Å². The predicted molar refractivity (Wildman–Crippen MR) is 245 cm³/mol. The molecule has 0 spiro atoms. The number of hydrogen-bond acceptors (Lipinski definition) is 13. The minimum atomic E-state index is -4.83. The molecule has 6 aromatic rings. The number of phosphoric acid groups is 1. The van der Waals surface area contributed by atoms with Crippen LogP contribution in [0.25, 0.3) is 22.1 Å². The van der Waals surface area contributed by atoms with E-state index < -0.39 is 43.6 Å². The standard InChI is InChI=1S/C41H48N13O10P.H2S/c1-5-53-30(13-22(3)48-53)38(57)46-40-44-28-15-24(36(42)55)17-32-34(28)51(40)10-7-8-11-52-35-29(45-41(52)47-39(58)31-14-23(4)49-54(31)6-2)16-25(37(43)56)18-33(35)63-21-26(20-62-32)50-12-9-27(19-50)64-65(59,60)61;/h7-8,13-18,26-27H,5-6,9-12,19-21H2,1-4H3,(H2,42,55)(H2,43,56)(H,44,46,57)(H,45,47,58)(H2,59,60,61);1H2/b8-7+;/t27-;/m0./s1. The zero-order valence-corrected chi connectivity index (χ0v) is 38.3. The second kappa shape index (κ2) is 19.1. The number of carbonyl (C=O) groups excluding carboxylic acids is 4. The summed E-state index contributed by atoms with van der Waals surface area (Å²) in [5, 5.41) is 14.6. The minimum Gasteiger partial charge on any atom is -0.490 e. The van der Waals surface area contributed by atoms with Crippen molar-refractivity contribution in [3.8, 4) is 11.5 Å². The third kappa shape index (κ3) is 9.83. The largest absolute Gasteiger partial charge is 0.490 e. The number of primary amides is 2. The number of likely N-dealkylation sites (tertiary alicyclic amines) is 1. The molecule has 4 aromatic heterocycles. The van der Waals surface area contributed by atoms with E-state index in [4.69, 9.17) is 35.4 Å². The summed E-state index contributed by atoms with van der Waals surface area (Å²) in [5.41, 5.74) is 15.0. The van der Waals surface area contributed by atoms with Gasteiger partial charge in [-0.25, -0.2) is 14.5 Å². The number of imidazole rings is 2. The molecule has 4 amide bonds. The molecule has 8 N–H and O–H groups in total. The molecule has 23 nitrogen and oxygen atoms in total. The highest BCUT2D eigenvalue weighted by Crippen LogP contribution is 2.40. The summed E-state index contributed by atoms with van der Waals surface area (Å²) in [7, 11) is -4.83. The van der Waals surface area contributed by atoms with Gasteiger partial charge < -0.3 is 39.9 Å². The number of aryl methyl sites for hydroxylation is 4. The summed E-state index contributed by atoms with van der Waals surface area (Å²) in [6.07, 6.45) is 3.06. The summed E-state index contributed by atoms with van der Waals surface area (Å²) >= 11 is 0. The molecule has 0 aliphatic carbocycles. The van der Waals surface area contributed by atoms with E-state index in [1.807, 2.05) is 30.9 Å². The van der Waals surface area contributed by atoms with E-state index in [0.717, 1.165) is 0 Å². The Morgan fingerprint density at radius 3 is 1.64 bits per heavy atom. The van der Waals surface area contributed by atoms with Crippen LogP contribution < -0.4 is 31.6 Å². The van der Waals surface area contributed by atoms with Crippen LogP contribution in [0.5, 0.6) is 11.5 Å². The smallest absolute Gasteiger partial charge is 0.469 e. The van der Waals surface area contributed by atoms with E-state index in [0.29, 0.717) is 53.4 Å². The van der Waals surface area contributed by atoms with Crippen molar-refractivity contribution in [3.05, 3.63) is 82.5 Å². The van der Waals surface area contributed by atoms with E-state index in [9.17, 15) is 33.5 Å². The third-order valence-electron chi connectivity index (χ3n) is 11.1. The number of anilines is 2. The molecule has 0 unspecified atom stereocenters. The number of nitrogens with two attached hydrogens (primary N) is 2. The summed E-state index contributed by atoms with van der Waals surface area (Å²) in [6.45, 7) is 8.51. The topological polar surface area (TPSA) is 304 Å². The Balaban J connectivity index is 0.00000648. The van der Waals surface area contributed by atoms with Crippen LogP contribution in [-0.2, 0) is 35.3 Å². The Bertz CT molecular complexity index is 2780. The van der Waals surface area contributed by atoms with Crippen LogP contribution in [0.4, 0.5) is 11.9 Å². The first-order valence-electron chi connectivity index (χ1n) is 20.8. The fraction of sp³-hybridized carbons (Fsp3) is 0.366. The lowest BCUT2D eigenvalue weighted by Gasteiger charge is -2.28. The summed E-state index contributed by atoms with van der Waals surface area (Å²) < 4.78 is 36.6. The van der Waals surface area contributed by atoms with Crippen LogP contribution in [-0.4, -0.2) is 115 Å². The van der Waals surface area contributed by atoms with Crippen molar-refractivity contribution in [1.29, 1.82) is 0 Å². The van der Waals surface area contributed by atoms with Gasteiger partial charge in [0.15, 0.2) is 0 Å². The van der Waals surface area contributed by atoms with Crippen LogP contribution in [0, 0.1) is 13.8 Å². The number of ether oxygens (including phenoxy) is 2. The van der Waals surface area contributed by atoms with Crippen molar-refractivity contribution in [1.82, 2.24) is 43.6 Å². The van der Waals surface area contributed by atoms with Crippen molar-refractivity contribution in [3.63, 3.8) is 0 Å². The van der Waals surface area contributed by atoms with Crippen molar-refractivity contribution in [2.45, 2.75) is 72.4 Å². The van der Waals surface area contributed by atoms with Gasteiger partial charge in [-0.1, -0.05) is 12.2 Å². The summed E-state index contributed by atoms with van der Waals surface area (Å²) in [4.78, 5) is 83.7. The number of nitrogens with one attached hydrogen (secondary N) is 2. The second-order valence-electron chi connectivity index (χ2n) is 15.6. The Morgan fingerprint density at radius 2 is 1.23 bits per heavy atom. The molecule has 1 atom stereocenters. The van der Waals surface area contributed by atoms with Gasteiger partial charge in [0.1, 0.15) is 47.1 Å². The van der Waals surface area contributed by atoms with E-state index in [-0.39, 0.29) is 98.3 Å². The monoisotopic (exact) mass is 947 g/mol. The van der Waals surface area contributed by atoms with E-state index in [2.05, 4.69) is 20.8 Å². The van der Waals surface area contributed by atoms with E-state index >= 15 is 0 Å². The molecule has 6 heterocycles. The Morgan fingerprint density at radius 1 is 0.773 bits per heavy atom. The van der Waals surface area contributed by atoms with Crippen LogP contribution in [0.15, 0.2) is 48.6 Å². The predicted octanol–water partition coefficient (Wildman–Crippen LogP) is 2.83. The van der Waals surface area contributed by atoms with Gasteiger partial charge in [0.05, 0.1) is 34.6 Å². The molecule has 0 radical (unpaired) electrons. The average Bonchev–Trinajstić information content (AvgIpc) is 4.08. The highest BCUT2D eigenvalue weighted by molar-refractivity contribution is 7.59. The van der Waals surface area contributed by atoms with E-state index in [1.54, 1.807) is 44.5 Å². The molecule has 350 valence electrons. The first-order valence-corrected chi connectivity index (χ1v) is 22.3. The number of benzene rings is 2. The number of hydrogen-bond donors (Lipinski definition) is 6. The minimum absolute atomic E-state index is 0. The lowest BCUT2D eigenvalue weighted by atomic mass is 10.1. The van der Waals surface area contributed by atoms with Crippen molar-refractivity contribution in [2.75, 3.05) is 36.9 Å². The number of aromatic nitrogens is 8. The number of phosphoric ester groups is 1. The quantitative estimate of drug-likeness (QED) is 0.0804. The number of allylic oxidation sites excluding steroid dienone is 2. The Labute approximate surface area is 383 Å². The van der Waals surface area contributed by atoms with Crippen LogP contribution in [0.2, 0.25) is 0 Å². The molecule has 8 rings (SSSR count). The van der Waals surface area contributed by atoms with Crippen molar-refractivity contribution >= 4 is 78.9 Å². The summed E-state index contributed by atoms with van der Waals surface area (Å²) in [5.74, 6) is -1.86. The number of rotatable bonds is 11. The molecule has 2 aliphatic heterocycles. The Hall–Kier alpha value is -6.56. The second-order valence-corrected chi connectivity index (χ2v) is 16.8. The van der Waals surface area contributed by atoms with Gasteiger partial charge >= 0.3 is 7.82 Å². The number of amides is 4. The molecule has 1 fully saturated rings. The normalized spacial score (nSPS) is 16.5. The van der Waals surface area contributed by atoms with Crippen LogP contribution >= 0.6 is 21.3 Å². The average molecular weight is 948 g/mol. The highest BCUT2D eigenvalue weighted by Gasteiger charge is 2.35. The first-order chi connectivity index (χ1) is 31.0. The van der Waals surface area contributed by atoms with Gasteiger partial charge in [-0.15, -0.1) is 0 Å². The lowest BCUT2D eigenvalue weighted by Crippen LogP contribution is -2.43. The zero-order valence-electron chi connectivity index (χ0n) is 36.4. The molecular weight excluding hydrogens is 898 g/mol. The van der Waals surface area contributed by atoms with Gasteiger partial charge in [-0.2, -0.15) is 23.7 Å². The SMILES string of the molecule is CCn1nc(C)cc1C(=O)Nc1nc2cc(C(N)=O)cc3c2n1C/C=C/Cn1c(NC(=O)c2cc(C)nn2CC)nc2cc(C(N)=O)cc(c21)OCC(N1CC[C@H](OP(=O)(O)O)C1)CO3.S. The molecule has 66 heavy (non-hydrogen) atoms. The molecule has 2 aliphatic rings. The van der Waals surface area contributed by atoms with Gasteiger partial charge in [-0.3, -0.25) is 48.6 Å². The maximum Gasteiger partial charge on any atom is 0.469 e. The van der Waals surface area contributed by atoms with E-state index in [1.165, 1.54) is 24.3 Å². The van der Waals surface area contributed by atoms with Gasteiger partial charge in [-0.05, 0) is 70.5 Å². The molecule has 25 heteroatoms. The number of nitrogens with zero attached hydrogens (tertiary/aromatic N) is 9. The Kier molecular flexibility index (Phi) is 13.7. The first kappa shape index (κ1) is 47.4. The fourth-order valence-corrected chi connectivity index (χ4v) is 8.70. The van der Waals surface area contributed by atoms with Gasteiger partial charge in [0.25, 0.3) is 11.8 Å². The fourth-order valence-electron chi connectivity index (χ4n) is 8.14. The zero-order chi connectivity index (χ0) is 46.3. The molecule has 1 saturated heterocycles. The van der Waals surface area contributed by atoms with Gasteiger partial charge in [0, 0.05) is 50.4 Å². The molecule has 0 bridgehead atoms. The molecular formula is C41H50N13O10PS. The highest BCUT2D eigenvalue weighted by atomic mass is 32.1.